The second kappa shape index (κ2) is 7.06. The van der Waals surface area contributed by atoms with Gasteiger partial charge in [0.15, 0.2) is 0 Å². The fraction of sp³-hybridized carbons (Fsp3) is 0.538. The normalized spacial score (nSPS) is 10.6. The van der Waals surface area contributed by atoms with E-state index in [2.05, 4.69) is 10.4 Å². The van der Waals surface area contributed by atoms with Crippen LogP contribution in [0.1, 0.15) is 29.9 Å². The lowest BCUT2D eigenvalue weighted by molar-refractivity contribution is 0.0635. The molecule has 1 amide bonds. The van der Waals surface area contributed by atoms with E-state index in [0.717, 1.165) is 5.69 Å². The molecule has 0 atom stereocenters. The van der Waals surface area contributed by atoms with Gasteiger partial charge in [0.2, 0.25) is 0 Å². The van der Waals surface area contributed by atoms with Gasteiger partial charge in [-0.1, -0.05) is 0 Å². The average molecular weight is 266 g/mol. The number of amides is 1. The number of carbonyl (C=O) groups excluding carboxylic acids is 1. The summed E-state index contributed by atoms with van der Waals surface area (Å²) in [6.45, 7) is 6.84. The Balaban J connectivity index is 2.98. The smallest absolute Gasteiger partial charge is 0.254 e. The van der Waals surface area contributed by atoms with Gasteiger partial charge in [-0.2, -0.15) is 0 Å². The highest BCUT2D eigenvalue weighted by Gasteiger charge is 2.19. The first-order valence-corrected chi connectivity index (χ1v) is 6.24. The molecule has 6 nitrogen and oxygen atoms in total. The molecule has 0 spiro atoms. The Bertz CT molecular complexity index is 435. The largest absolute Gasteiger partial charge is 0.383 e. The highest BCUT2D eigenvalue weighted by Crippen LogP contribution is 2.13. The minimum atomic E-state index is -0.0472. The quantitative estimate of drug-likeness (QED) is 0.597. The molecule has 0 aromatic carbocycles. The molecule has 0 radical (unpaired) electrons. The van der Waals surface area contributed by atoms with Crippen molar-refractivity contribution in [2.75, 3.05) is 25.7 Å². The molecule has 0 saturated heterocycles. The Hall–Kier alpha value is -1.66. The number of hydrazine groups is 1. The van der Waals surface area contributed by atoms with Gasteiger partial charge in [-0.15, -0.1) is 0 Å². The van der Waals surface area contributed by atoms with E-state index in [-0.39, 0.29) is 11.9 Å². The fourth-order valence-corrected chi connectivity index (χ4v) is 1.82. The van der Waals surface area contributed by atoms with Crippen LogP contribution in [0.5, 0.6) is 0 Å². The number of anilines is 1. The van der Waals surface area contributed by atoms with Crippen molar-refractivity contribution in [3.8, 4) is 0 Å². The molecular weight excluding hydrogens is 244 g/mol. The lowest BCUT2D eigenvalue weighted by atomic mass is 10.1. The van der Waals surface area contributed by atoms with Crippen LogP contribution in [0.2, 0.25) is 0 Å². The highest BCUT2D eigenvalue weighted by atomic mass is 16.5. The van der Waals surface area contributed by atoms with Gasteiger partial charge in [-0.05, 0) is 32.9 Å². The van der Waals surface area contributed by atoms with Crippen molar-refractivity contribution in [3.63, 3.8) is 0 Å². The van der Waals surface area contributed by atoms with Gasteiger partial charge < -0.3 is 15.1 Å². The molecule has 1 aromatic rings. The molecule has 106 valence electrons. The van der Waals surface area contributed by atoms with Crippen LogP contribution >= 0.6 is 0 Å². The van der Waals surface area contributed by atoms with Crippen LogP contribution < -0.4 is 11.3 Å². The van der Waals surface area contributed by atoms with Gasteiger partial charge in [-0.25, -0.2) is 10.8 Å². The SMILES string of the molecule is COCCN(C(=O)c1cc(C)nc(NN)c1)C(C)C. The summed E-state index contributed by atoms with van der Waals surface area (Å²) in [7, 11) is 1.62. The summed E-state index contributed by atoms with van der Waals surface area (Å²) in [4.78, 5) is 18.4. The van der Waals surface area contributed by atoms with Gasteiger partial charge in [0.05, 0.1) is 6.61 Å². The number of nitrogens with zero attached hydrogens (tertiary/aromatic N) is 2. The summed E-state index contributed by atoms with van der Waals surface area (Å²) < 4.78 is 5.04. The number of carbonyl (C=O) groups is 1. The van der Waals surface area contributed by atoms with Crippen molar-refractivity contribution >= 4 is 11.7 Å². The van der Waals surface area contributed by atoms with E-state index >= 15 is 0 Å². The summed E-state index contributed by atoms with van der Waals surface area (Å²) in [5.41, 5.74) is 3.79. The van der Waals surface area contributed by atoms with Crippen LogP contribution in [0, 0.1) is 6.92 Å². The predicted molar refractivity (Wildman–Crippen MR) is 74.8 cm³/mol. The van der Waals surface area contributed by atoms with Gasteiger partial charge in [-0.3, -0.25) is 4.79 Å². The first kappa shape index (κ1) is 15.4. The van der Waals surface area contributed by atoms with E-state index < -0.39 is 0 Å². The molecular formula is C13H22N4O2. The number of rotatable bonds is 6. The van der Waals surface area contributed by atoms with E-state index in [1.54, 1.807) is 24.1 Å². The van der Waals surface area contributed by atoms with Crippen molar-refractivity contribution in [3.05, 3.63) is 23.4 Å². The Morgan fingerprint density at radius 2 is 2.21 bits per heavy atom. The molecule has 0 fully saturated rings. The van der Waals surface area contributed by atoms with Gasteiger partial charge in [0, 0.05) is 31.0 Å². The number of ether oxygens (including phenoxy) is 1. The first-order valence-electron chi connectivity index (χ1n) is 6.24. The lowest BCUT2D eigenvalue weighted by Gasteiger charge is -2.26. The molecule has 19 heavy (non-hydrogen) atoms. The Morgan fingerprint density at radius 1 is 1.53 bits per heavy atom. The molecule has 1 heterocycles. The molecule has 3 N–H and O–H groups in total. The third-order valence-electron chi connectivity index (χ3n) is 2.77. The molecule has 0 bridgehead atoms. The number of hydrogen-bond donors (Lipinski definition) is 2. The van der Waals surface area contributed by atoms with Crippen molar-refractivity contribution in [1.82, 2.24) is 9.88 Å². The zero-order chi connectivity index (χ0) is 14.4. The first-order chi connectivity index (χ1) is 8.99. The maximum Gasteiger partial charge on any atom is 0.254 e. The minimum absolute atomic E-state index is 0.0472. The second-order valence-corrected chi connectivity index (χ2v) is 4.61. The molecule has 1 rings (SSSR count). The van der Waals surface area contributed by atoms with Crippen LogP contribution in [-0.4, -0.2) is 42.1 Å². The number of aromatic nitrogens is 1. The van der Waals surface area contributed by atoms with Crippen molar-refractivity contribution in [2.24, 2.45) is 5.84 Å². The van der Waals surface area contributed by atoms with E-state index in [1.807, 2.05) is 20.8 Å². The summed E-state index contributed by atoms with van der Waals surface area (Å²) in [6.07, 6.45) is 0. The average Bonchev–Trinajstić information content (AvgIpc) is 2.37. The van der Waals surface area contributed by atoms with E-state index in [4.69, 9.17) is 10.6 Å². The number of nitrogens with two attached hydrogens (primary N) is 1. The van der Waals surface area contributed by atoms with Crippen LogP contribution in [-0.2, 0) is 4.74 Å². The zero-order valence-corrected chi connectivity index (χ0v) is 11.9. The lowest BCUT2D eigenvalue weighted by Crippen LogP contribution is -2.39. The van der Waals surface area contributed by atoms with E-state index in [9.17, 15) is 4.79 Å². The molecule has 0 aliphatic rings. The van der Waals surface area contributed by atoms with Gasteiger partial charge in [0.25, 0.3) is 5.91 Å². The number of hydrogen-bond acceptors (Lipinski definition) is 5. The van der Waals surface area contributed by atoms with Crippen LogP contribution in [0.3, 0.4) is 0 Å². The number of aryl methyl sites for hydroxylation is 1. The topological polar surface area (TPSA) is 80.5 Å². The van der Waals surface area contributed by atoms with Gasteiger partial charge >= 0.3 is 0 Å². The molecule has 0 aliphatic heterocycles. The zero-order valence-electron chi connectivity index (χ0n) is 11.9. The number of pyridine rings is 1. The van der Waals surface area contributed by atoms with Crippen LogP contribution in [0.15, 0.2) is 12.1 Å². The minimum Gasteiger partial charge on any atom is -0.383 e. The summed E-state index contributed by atoms with van der Waals surface area (Å²) in [5.74, 6) is 5.78. The van der Waals surface area contributed by atoms with Crippen LogP contribution in [0.25, 0.3) is 0 Å². The van der Waals surface area contributed by atoms with E-state index in [0.29, 0.717) is 24.5 Å². The van der Waals surface area contributed by atoms with Gasteiger partial charge in [0.1, 0.15) is 5.82 Å². The Morgan fingerprint density at radius 3 is 2.74 bits per heavy atom. The molecule has 6 heteroatoms. The maximum absolute atomic E-state index is 12.5. The molecule has 1 aromatic heterocycles. The number of nitrogens with one attached hydrogen (secondary N) is 1. The highest BCUT2D eigenvalue weighted by molar-refractivity contribution is 5.95. The summed E-state index contributed by atoms with van der Waals surface area (Å²) in [6, 6.07) is 3.51. The van der Waals surface area contributed by atoms with Crippen molar-refractivity contribution < 1.29 is 9.53 Å². The maximum atomic E-state index is 12.5. The standard InChI is InChI=1S/C13H22N4O2/c1-9(2)17(5-6-19-4)13(18)11-7-10(3)15-12(8-11)16-14/h7-9H,5-6,14H2,1-4H3,(H,15,16). The molecule has 0 unspecified atom stereocenters. The second-order valence-electron chi connectivity index (χ2n) is 4.61. The summed E-state index contributed by atoms with van der Waals surface area (Å²) >= 11 is 0. The Labute approximate surface area is 113 Å². The number of methoxy groups -OCH3 is 1. The monoisotopic (exact) mass is 266 g/mol. The third-order valence-corrected chi connectivity index (χ3v) is 2.77. The number of nitrogen functional groups attached to an aromatic ring is 1. The third kappa shape index (κ3) is 4.18. The summed E-state index contributed by atoms with van der Waals surface area (Å²) in [5, 5.41) is 0. The van der Waals surface area contributed by atoms with E-state index in [1.165, 1.54) is 0 Å². The molecule has 0 saturated carbocycles. The predicted octanol–water partition coefficient (Wildman–Crippen LogP) is 1.17. The van der Waals surface area contributed by atoms with Crippen molar-refractivity contribution in [1.29, 1.82) is 0 Å². The Kier molecular flexibility index (Phi) is 5.72. The molecule has 0 aliphatic carbocycles. The van der Waals surface area contributed by atoms with Crippen LogP contribution in [0.4, 0.5) is 5.82 Å². The van der Waals surface area contributed by atoms with Crippen molar-refractivity contribution in [2.45, 2.75) is 26.8 Å². The fourth-order valence-electron chi connectivity index (χ4n) is 1.82.